The first kappa shape index (κ1) is 23.2. The number of rotatable bonds is 11. The highest BCUT2D eigenvalue weighted by molar-refractivity contribution is 6.30. The van der Waals surface area contributed by atoms with Crippen LogP contribution in [0, 0.1) is 5.92 Å². The number of anilines is 1. The van der Waals surface area contributed by atoms with Crippen molar-refractivity contribution in [3.05, 3.63) is 64.7 Å². The van der Waals surface area contributed by atoms with Crippen molar-refractivity contribution in [3.8, 4) is 0 Å². The molecule has 0 aliphatic carbocycles. The Morgan fingerprint density at radius 3 is 2.55 bits per heavy atom. The summed E-state index contributed by atoms with van der Waals surface area (Å²) in [6.07, 6.45) is 4.24. The number of hydrogen-bond donors (Lipinski definition) is 2. The third-order valence-corrected chi connectivity index (χ3v) is 5.63. The molecule has 2 aromatic carbocycles. The maximum Gasteiger partial charge on any atom is 0.251 e. The van der Waals surface area contributed by atoms with Gasteiger partial charge in [-0.15, -0.1) is 0 Å². The minimum absolute atomic E-state index is 0.00290. The number of benzene rings is 2. The predicted octanol–water partition coefficient (Wildman–Crippen LogP) is 4.78. The van der Waals surface area contributed by atoms with E-state index in [9.17, 15) is 4.79 Å². The van der Waals surface area contributed by atoms with Crippen LogP contribution in [-0.4, -0.2) is 44.1 Å². The average Bonchev–Trinajstić information content (AvgIpc) is 2.68. The zero-order chi connectivity index (χ0) is 21.3. The number of hydrogen-bond acceptors (Lipinski definition) is 2. The lowest BCUT2D eigenvalue weighted by Gasteiger charge is -2.33. The summed E-state index contributed by atoms with van der Waals surface area (Å²) in [5.74, 6) is 0.646. The van der Waals surface area contributed by atoms with Gasteiger partial charge in [-0.25, -0.2) is 0 Å². The van der Waals surface area contributed by atoms with Crippen molar-refractivity contribution in [2.45, 2.75) is 32.6 Å². The SMILES string of the molecule is CCC(CCc1cc(N)cc(Cl)c1)C[N+](C)(C)CCCNC(=O)c1ccccc1. The summed E-state index contributed by atoms with van der Waals surface area (Å²) in [6, 6.07) is 15.2. The molecule has 1 unspecified atom stereocenters. The number of aryl methyl sites for hydroxylation is 1. The van der Waals surface area contributed by atoms with Crippen molar-refractivity contribution in [2.24, 2.45) is 5.92 Å². The lowest BCUT2D eigenvalue weighted by molar-refractivity contribution is -0.893. The molecule has 0 heterocycles. The van der Waals surface area contributed by atoms with Gasteiger partial charge in [-0.2, -0.15) is 0 Å². The number of nitrogen functional groups attached to an aromatic ring is 1. The number of carbonyl (C=O) groups excluding carboxylic acids is 1. The molecule has 0 aliphatic rings. The molecule has 0 bridgehead atoms. The molecule has 0 aromatic heterocycles. The van der Waals surface area contributed by atoms with E-state index in [1.54, 1.807) is 6.07 Å². The summed E-state index contributed by atoms with van der Waals surface area (Å²) in [4.78, 5) is 12.1. The van der Waals surface area contributed by atoms with Crippen molar-refractivity contribution in [1.29, 1.82) is 0 Å². The molecule has 1 atom stereocenters. The van der Waals surface area contributed by atoms with Crippen molar-refractivity contribution >= 4 is 23.2 Å². The van der Waals surface area contributed by atoms with Gasteiger partial charge in [0.05, 0.1) is 27.2 Å². The number of amides is 1. The van der Waals surface area contributed by atoms with Gasteiger partial charge in [0.15, 0.2) is 0 Å². The molecule has 1 amide bonds. The number of halogens is 1. The maximum atomic E-state index is 12.1. The molecular weight excluding hydrogens is 382 g/mol. The second kappa shape index (κ2) is 11.2. The van der Waals surface area contributed by atoms with Crippen LogP contribution in [0.5, 0.6) is 0 Å². The highest BCUT2D eigenvalue weighted by Crippen LogP contribution is 2.21. The van der Waals surface area contributed by atoms with Crippen LogP contribution in [0.2, 0.25) is 5.02 Å². The Bertz CT molecular complexity index is 757. The standard InChI is InChI=1S/C24H34ClN3O/c1-4-19(11-12-20-15-22(25)17-23(26)16-20)18-28(2,3)14-8-13-27-24(29)21-9-6-5-7-10-21/h5-7,9-10,15-17,19H,4,8,11-14,18,26H2,1-3H3/p+1. The van der Waals surface area contributed by atoms with E-state index in [0.717, 1.165) is 48.9 Å². The Morgan fingerprint density at radius 2 is 1.90 bits per heavy atom. The van der Waals surface area contributed by atoms with Crippen molar-refractivity contribution < 1.29 is 9.28 Å². The summed E-state index contributed by atoms with van der Waals surface area (Å²) in [5, 5.41) is 3.73. The second-order valence-corrected chi connectivity index (χ2v) is 8.96. The van der Waals surface area contributed by atoms with Gasteiger partial charge in [-0.05, 0) is 55.2 Å². The van der Waals surface area contributed by atoms with Gasteiger partial charge >= 0.3 is 0 Å². The second-order valence-electron chi connectivity index (χ2n) is 8.52. The van der Waals surface area contributed by atoms with Gasteiger partial charge in [0.1, 0.15) is 0 Å². The molecule has 2 rings (SSSR count). The van der Waals surface area contributed by atoms with Gasteiger partial charge in [-0.3, -0.25) is 4.79 Å². The van der Waals surface area contributed by atoms with Crippen molar-refractivity contribution in [2.75, 3.05) is 39.5 Å². The van der Waals surface area contributed by atoms with Crippen LogP contribution < -0.4 is 11.1 Å². The third-order valence-electron chi connectivity index (χ3n) is 5.41. The molecule has 0 saturated heterocycles. The lowest BCUT2D eigenvalue weighted by atomic mass is 9.95. The zero-order valence-electron chi connectivity index (χ0n) is 18.0. The number of nitrogens with one attached hydrogen (secondary N) is 1. The van der Waals surface area contributed by atoms with E-state index in [1.807, 2.05) is 42.5 Å². The van der Waals surface area contributed by atoms with Crippen molar-refractivity contribution in [3.63, 3.8) is 0 Å². The number of nitrogens with two attached hydrogens (primary N) is 1. The minimum atomic E-state index is 0.00290. The summed E-state index contributed by atoms with van der Waals surface area (Å²) in [6.45, 7) is 5.12. The molecular formula is C24H35ClN3O+. The van der Waals surface area contributed by atoms with E-state index in [0.29, 0.717) is 23.0 Å². The van der Waals surface area contributed by atoms with E-state index in [2.05, 4.69) is 26.3 Å². The van der Waals surface area contributed by atoms with E-state index in [1.165, 1.54) is 5.56 Å². The van der Waals surface area contributed by atoms with E-state index < -0.39 is 0 Å². The summed E-state index contributed by atoms with van der Waals surface area (Å²) in [7, 11) is 4.55. The Balaban J connectivity index is 1.75. The Labute approximate surface area is 180 Å². The number of quaternary nitrogens is 1. The first-order valence-electron chi connectivity index (χ1n) is 10.5. The van der Waals surface area contributed by atoms with E-state index in [-0.39, 0.29) is 5.91 Å². The summed E-state index contributed by atoms with van der Waals surface area (Å²) < 4.78 is 0.956. The first-order valence-corrected chi connectivity index (χ1v) is 10.9. The third kappa shape index (κ3) is 8.46. The van der Waals surface area contributed by atoms with Crippen LogP contribution >= 0.6 is 11.6 Å². The smallest absolute Gasteiger partial charge is 0.251 e. The van der Waals surface area contributed by atoms with Crippen LogP contribution in [0.3, 0.4) is 0 Å². The zero-order valence-corrected chi connectivity index (χ0v) is 18.7. The molecule has 0 saturated carbocycles. The van der Waals surface area contributed by atoms with Crippen molar-refractivity contribution in [1.82, 2.24) is 5.32 Å². The molecule has 2 aromatic rings. The highest BCUT2D eigenvalue weighted by atomic mass is 35.5. The molecule has 3 N–H and O–H groups in total. The maximum absolute atomic E-state index is 12.1. The van der Waals surface area contributed by atoms with Gasteiger partial charge in [0.2, 0.25) is 0 Å². The fraction of sp³-hybridized carbons (Fsp3) is 0.458. The fourth-order valence-electron chi connectivity index (χ4n) is 3.81. The molecule has 5 heteroatoms. The fourth-order valence-corrected chi connectivity index (χ4v) is 4.07. The number of carbonyl (C=O) groups is 1. The average molecular weight is 417 g/mol. The van der Waals surface area contributed by atoms with E-state index >= 15 is 0 Å². The molecule has 0 radical (unpaired) electrons. The monoisotopic (exact) mass is 416 g/mol. The van der Waals surface area contributed by atoms with E-state index in [4.69, 9.17) is 17.3 Å². The summed E-state index contributed by atoms with van der Waals surface area (Å²) in [5.41, 5.74) is 8.57. The minimum Gasteiger partial charge on any atom is -0.399 e. The Kier molecular flexibility index (Phi) is 8.99. The Hall–Kier alpha value is -2.04. The van der Waals surface area contributed by atoms with Gasteiger partial charge in [0.25, 0.3) is 5.91 Å². The Morgan fingerprint density at radius 1 is 1.17 bits per heavy atom. The molecule has 0 aliphatic heterocycles. The normalized spacial score (nSPS) is 12.6. The number of nitrogens with zero attached hydrogens (tertiary/aromatic N) is 1. The quantitative estimate of drug-likeness (QED) is 0.314. The first-order chi connectivity index (χ1) is 13.8. The largest absolute Gasteiger partial charge is 0.399 e. The van der Waals surface area contributed by atoms with Crippen LogP contribution in [-0.2, 0) is 6.42 Å². The highest BCUT2D eigenvalue weighted by Gasteiger charge is 2.21. The topological polar surface area (TPSA) is 55.1 Å². The molecule has 158 valence electrons. The lowest BCUT2D eigenvalue weighted by Crippen LogP contribution is -2.45. The molecule has 0 fully saturated rings. The molecule has 0 spiro atoms. The van der Waals surface area contributed by atoms with Crippen LogP contribution in [0.25, 0.3) is 0 Å². The van der Waals surface area contributed by atoms with Gasteiger partial charge in [0, 0.05) is 35.2 Å². The van der Waals surface area contributed by atoms with Crippen LogP contribution in [0.4, 0.5) is 5.69 Å². The van der Waals surface area contributed by atoms with Crippen LogP contribution in [0.15, 0.2) is 48.5 Å². The van der Waals surface area contributed by atoms with Gasteiger partial charge < -0.3 is 15.5 Å². The summed E-state index contributed by atoms with van der Waals surface area (Å²) >= 11 is 6.13. The van der Waals surface area contributed by atoms with Crippen LogP contribution in [0.1, 0.15) is 42.1 Å². The molecule has 29 heavy (non-hydrogen) atoms. The van der Waals surface area contributed by atoms with Gasteiger partial charge in [-0.1, -0.05) is 36.7 Å². The molecule has 4 nitrogen and oxygen atoms in total. The predicted molar refractivity (Wildman–Crippen MR) is 123 cm³/mol.